The molecule has 3 saturated carbocycles. The number of aliphatic hydroxyl groups is 1. The summed E-state index contributed by atoms with van der Waals surface area (Å²) in [5, 5.41) is 10.9. The van der Waals surface area contributed by atoms with Crippen LogP contribution < -0.4 is 0 Å². The van der Waals surface area contributed by atoms with Crippen LogP contribution in [0.15, 0.2) is 11.6 Å². The molecule has 7 atom stereocenters. The zero-order valence-electron chi connectivity index (χ0n) is 16.7. The lowest BCUT2D eigenvalue weighted by molar-refractivity contribution is -0.163. The first-order chi connectivity index (χ1) is 12.5. The van der Waals surface area contributed by atoms with Gasteiger partial charge < -0.3 is 9.84 Å². The molecule has 1 N–H and O–H groups in total. The fraction of sp³-hybridized carbons (Fsp3) is 0.773. The van der Waals surface area contributed by atoms with Crippen LogP contribution in [0.3, 0.4) is 0 Å². The van der Waals surface area contributed by atoms with Crippen LogP contribution in [-0.4, -0.2) is 34.3 Å². The van der Waals surface area contributed by atoms with Crippen LogP contribution in [0.25, 0.3) is 0 Å². The van der Waals surface area contributed by atoms with Crippen LogP contribution in [0.2, 0.25) is 0 Å². The van der Waals surface area contributed by atoms with E-state index in [0.29, 0.717) is 19.3 Å². The van der Waals surface area contributed by atoms with Crippen molar-refractivity contribution in [2.75, 3.05) is 0 Å². The molecule has 4 aliphatic carbocycles. The summed E-state index contributed by atoms with van der Waals surface area (Å²) < 4.78 is 5.39. The monoisotopic (exact) mass is 374 g/mol. The number of carbonyl (C=O) groups is 3. The molecule has 3 fully saturated rings. The summed E-state index contributed by atoms with van der Waals surface area (Å²) in [6.45, 7) is 7.33. The summed E-state index contributed by atoms with van der Waals surface area (Å²) in [6.07, 6.45) is 5.31. The normalized spacial score (nSPS) is 49.0. The van der Waals surface area contributed by atoms with Crippen molar-refractivity contribution >= 4 is 17.5 Å². The molecule has 27 heavy (non-hydrogen) atoms. The Morgan fingerprint density at radius 3 is 2.56 bits per heavy atom. The van der Waals surface area contributed by atoms with Gasteiger partial charge in [-0.3, -0.25) is 14.4 Å². The van der Waals surface area contributed by atoms with Gasteiger partial charge >= 0.3 is 5.97 Å². The minimum absolute atomic E-state index is 0.0259. The van der Waals surface area contributed by atoms with Gasteiger partial charge in [-0.25, -0.2) is 0 Å². The van der Waals surface area contributed by atoms with Crippen molar-refractivity contribution < 1.29 is 24.2 Å². The lowest BCUT2D eigenvalue weighted by atomic mass is 9.46. The topological polar surface area (TPSA) is 80.7 Å². The predicted molar refractivity (Wildman–Crippen MR) is 98.7 cm³/mol. The highest BCUT2D eigenvalue weighted by molar-refractivity contribution is 6.00. The molecule has 0 aliphatic heterocycles. The number of carbonyl (C=O) groups excluding carboxylic acids is 3. The molecule has 0 aromatic carbocycles. The zero-order chi connectivity index (χ0) is 19.8. The molecule has 4 rings (SSSR count). The Kier molecular flexibility index (Phi) is 4.02. The number of esters is 1. The van der Waals surface area contributed by atoms with Crippen molar-refractivity contribution in [1.82, 2.24) is 0 Å². The molecule has 148 valence electrons. The highest BCUT2D eigenvalue weighted by Gasteiger charge is 2.66. The van der Waals surface area contributed by atoms with Crippen LogP contribution in [0.5, 0.6) is 0 Å². The molecule has 0 amide bonds. The van der Waals surface area contributed by atoms with E-state index in [1.54, 1.807) is 6.08 Å². The third-order valence-corrected chi connectivity index (χ3v) is 8.50. The van der Waals surface area contributed by atoms with Crippen molar-refractivity contribution in [2.24, 2.45) is 28.6 Å². The van der Waals surface area contributed by atoms with E-state index in [2.05, 4.69) is 6.92 Å². The number of Topliss-reactive ketones (excluding diaryl/α,β-unsaturated/α-hetero) is 1. The third kappa shape index (κ3) is 2.50. The van der Waals surface area contributed by atoms with Gasteiger partial charge in [-0.2, -0.15) is 0 Å². The number of fused-ring (bicyclic) bond motifs is 5. The third-order valence-electron chi connectivity index (χ3n) is 8.50. The fourth-order valence-corrected chi connectivity index (χ4v) is 6.74. The van der Waals surface area contributed by atoms with E-state index in [4.69, 9.17) is 4.74 Å². The standard InChI is InChI=1S/C22H30O5/c1-12(23)27-14-5-7-20(2)13(9-14)10-16(24)18-15-6-8-22(4,26)21(15,3)11-17(25)19(18)20/h10,14-15,18-19,26H,5-9,11H2,1-4H3/t14-,15?,18?,19?,20-,21-,22-/m0/s1. The molecule has 5 heteroatoms. The summed E-state index contributed by atoms with van der Waals surface area (Å²) in [6, 6.07) is 0. The number of ether oxygens (including phenoxy) is 1. The number of ketones is 2. The van der Waals surface area contributed by atoms with Crippen molar-refractivity contribution in [3.05, 3.63) is 11.6 Å². The lowest BCUT2D eigenvalue weighted by Gasteiger charge is -2.56. The molecule has 0 aromatic heterocycles. The molecule has 4 aliphatic rings. The largest absolute Gasteiger partial charge is 0.462 e. The molecule has 0 spiro atoms. The van der Waals surface area contributed by atoms with Gasteiger partial charge in [0, 0.05) is 37.0 Å². The van der Waals surface area contributed by atoms with E-state index in [0.717, 1.165) is 24.8 Å². The van der Waals surface area contributed by atoms with E-state index in [9.17, 15) is 19.5 Å². The molecule has 0 bridgehead atoms. The maximum atomic E-state index is 13.4. The van der Waals surface area contributed by atoms with Crippen LogP contribution >= 0.6 is 0 Å². The Morgan fingerprint density at radius 2 is 1.89 bits per heavy atom. The Morgan fingerprint density at radius 1 is 1.19 bits per heavy atom. The zero-order valence-corrected chi connectivity index (χ0v) is 16.7. The average Bonchev–Trinajstić information content (AvgIpc) is 2.78. The lowest BCUT2D eigenvalue weighted by Crippen LogP contribution is -2.59. The van der Waals surface area contributed by atoms with Gasteiger partial charge in [0.25, 0.3) is 0 Å². The quantitative estimate of drug-likeness (QED) is 0.714. The van der Waals surface area contributed by atoms with Crippen LogP contribution in [-0.2, 0) is 19.1 Å². The number of allylic oxidation sites excluding steroid dienone is 1. The SMILES string of the molecule is CC(=O)O[C@H]1CC[C@@]2(C)C(=CC(=O)C3C2C(=O)C[C@@]2(C)C3CC[C@]2(C)O)C1. The van der Waals surface area contributed by atoms with Crippen LogP contribution in [0.4, 0.5) is 0 Å². The number of hydrogen-bond acceptors (Lipinski definition) is 5. The Balaban J connectivity index is 1.73. The first kappa shape index (κ1) is 18.9. The first-order valence-corrected chi connectivity index (χ1v) is 10.2. The Bertz CT molecular complexity index is 750. The van der Waals surface area contributed by atoms with E-state index < -0.39 is 11.0 Å². The summed E-state index contributed by atoms with van der Waals surface area (Å²) in [4.78, 5) is 37.9. The minimum atomic E-state index is -0.906. The van der Waals surface area contributed by atoms with Gasteiger partial charge in [0.1, 0.15) is 11.9 Å². The second-order valence-electron chi connectivity index (χ2n) is 9.95. The summed E-state index contributed by atoms with van der Waals surface area (Å²) >= 11 is 0. The van der Waals surface area contributed by atoms with Crippen molar-refractivity contribution in [2.45, 2.75) is 77.9 Å². The van der Waals surface area contributed by atoms with Crippen molar-refractivity contribution in [3.63, 3.8) is 0 Å². The number of hydrogen-bond donors (Lipinski definition) is 1. The van der Waals surface area contributed by atoms with E-state index in [1.165, 1.54) is 6.92 Å². The predicted octanol–water partition coefficient (Wildman–Crippen LogP) is 2.99. The molecular formula is C22H30O5. The van der Waals surface area contributed by atoms with Gasteiger partial charge in [0.15, 0.2) is 5.78 Å². The first-order valence-electron chi connectivity index (χ1n) is 10.2. The molecule has 0 saturated heterocycles. The Hall–Kier alpha value is -1.49. The molecular weight excluding hydrogens is 344 g/mol. The minimum Gasteiger partial charge on any atom is -0.462 e. The van der Waals surface area contributed by atoms with Gasteiger partial charge in [0.05, 0.1) is 5.60 Å². The van der Waals surface area contributed by atoms with E-state index in [-0.39, 0.29) is 46.8 Å². The second-order valence-corrected chi connectivity index (χ2v) is 9.95. The number of rotatable bonds is 1. The summed E-state index contributed by atoms with van der Waals surface area (Å²) in [7, 11) is 0. The maximum Gasteiger partial charge on any atom is 0.302 e. The Labute approximate surface area is 160 Å². The average molecular weight is 374 g/mol. The highest BCUT2D eigenvalue weighted by Crippen LogP contribution is 2.65. The van der Waals surface area contributed by atoms with Crippen LogP contribution in [0, 0.1) is 28.6 Å². The van der Waals surface area contributed by atoms with E-state index in [1.807, 2.05) is 13.8 Å². The molecule has 0 radical (unpaired) electrons. The molecule has 0 heterocycles. The summed E-state index contributed by atoms with van der Waals surface area (Å²) in [5.41, 5.74) is -0.816. The highest BCUT2D eigenvalue weighted by atomic mass is 16.5. The van der Waals surface area contributed by atoms with Gasteiger partial charge in [-0.05, 0) is 50.0 Å². The van der Waals surface area contributed by atoms with Gasteiger partial charge in [-0.1, -0.05) is 19.4 Å². The van der Waals surface area contributed by atoms with Crippen LogP contribution in [0.1, 0.15) is 66.2 Å². The van der Waals surface area contributed by atoms with Crippen molar-refractivity contribution in [3.8, 4) is 0 Å². The molecule has 3 unspecified atom stereocenters. The van der Waals surface area contributed by atoms with Gasteiger partial charge in [0.2, 0.25) is 0 Å². The maximum absolute atomic E-state index is 13.4. The van der Waals surface area contributed by atoms with Gasteiger partial charge in [-0.15, -0.1) is 0 Å². The second kappa shape index (κ2) is 5.76. The molecule has 0 aromatic rings. The van der Waals surface area contributed by atoms with Crippen molar-refractivity contribution in [1.29, 1.82) is 0 Å². The summed E-state index contributed by atoms with van der Waals surface area (Å²) in [5.74, 6) is -0.754. The van der Waals surface area contributed by atoms with E-state index >= 15 is 0 Å². The smallest absolute Gasteiger partial charge is 0.302 e. The fourth-order valence-electron chi connectivity index (χ4n) is 6.74. The molecule has 5 nitrogen and oxygen atoms in total.